The van der Waals surface area contributed by atoms with Gasteiger partial charge in [-0.1, -0.05) is 29.4 Å². The normalized spacial score (nSPS) is 11.2. The molecule has 3 aromatic rings. The molecule has 0 fully saturated rings. The molecule has 0 aliphatic heterocycles. The standard InChI is InChI=1S/C21H21N3O3S/c1-14(16-7-9-18(10-8-16)22-15(2)25)24-27-12-19-13-28-21(23-19)17-5-4-6-20(11-17)26-3/h4-11,13H,12H2,1-3H3,(H,22,25)/b24-14+. The van der Waals surface area contributed by atoms with Gasteiger partial charge in [0.05, 0.1) is 18.5 Å². The second-order valence-electron chi connectivity index (χ2n) is 6.08. The van der Waals surface area contributed by atoms with Crippen LogP contribution in [0.2, 0.25) is 0 Å². The molecular weight excluding hydrogens is 374 g/mol. The maximum Gasteiger partial charge on any atom is 0.221 e. The molecule has 0 atom stereocenters. The average molecular weight is 395 g/mol. The molecule has 28 heavy (non-hydrogen) atoms. The molecule has 144 valence electrons. The third-order valence-electron chi connectivity index (χ3n) is 3.91. The quantitative estimate of drug-likeness (QED) is 0.464. The first-order valence-electron chi connectivity index (χ1n) is 8.68. The molecule has 7 heteroatoms. The zero-order chi connectivity index (χ0) is 19.9. The van der Waals surface area contributed by atoms with E-state index in [4.69, 9.17) is 9.57 Å². The smallest absolute Gasteiger partial charge is 0.221 e. The fourth-order valence-corrected chi connectivity index (χ4v) is 3.31. The fourth-order valence-electron chi connectivity index (χ4n) is 2.51. The molecule has 1 heterocycles. The number of nitrogens with zero attached hydrogens (tertiary/aromatic N) is 2. The van der Waals surface area contributed by atoms with Crippen LogP contribution in [0.5, 0.6) is 5.75 Å². The first kappa shape index (κ1) is 19.6. The van der Waals surface area contributed by atoms with E-state index in [-0.39, 0.29) is 5.91 Å². The molecule has 1 N–H and O–H groups in total. The van der Waals surface area contributed by atoms with E-state index in [0.717, 1.165) is 39.0 Å². The van der Waals surface area contributed by atoms with Crippen molar-refractivity contribution in [2.45, 2.75) is 20.5 Å². The molecule has 0 spiro atoms. The lowest BCUT2D eigenvalue weighted by molar-refractivity contribution is -0.114. The highest BCUT2D eigenvalue weighted by atomic mass is 32.1. The van der Waals surface area contributed by atoms with Crippen molar-refractivity contribution in [3.63, 3.8) is 0 Å². The van der Waals surface area contributed by atoms with Crippen molar-refractivity contribution in [3.05, 3.63) is 65.2 Å². The average Bonchev–Trinajstić information content (AvgIpc) is 3.17. The third-order valence-corrected chi connectivity index (χ3v) is 4.85. The molecule has 2 aromatic carbocycles. The summed E-state index contributed by atoms with van der Waals surface area (Å²) in [5.74, 6) is 0.702. The molecule has 0 saturated heterocycles. The van der Waals surface area contributed by atoms with Crippen molar-refractivity contribution in [3.8, 4) is 16.3 Å². The summed E-state index contributed by atoms with van der Waals surface area (Å²) in [7, 11) is 1.65. The van der Waals surface area contributed by atoms with E-state index < -0.39 is 0 Å². The van der Waals surface area contributed by atoms with E-state index in [1.165, 1.54) is 6.92 Å². The number of thiazole rings is 1. The van der Waals surface area contributed by atoms with Gasteiger partial charge in [0.1, 0.15) is 10.8 Å². The molecule has 0 aliphatic rings. The number of nitrogens with one attached hydrogen (secondary N) is 1. The number of carbonyl (C=O) groups is 1. The van der Waals surface area contributed by atoms with Crippen LogP contribution in [0.4, 0.5) is 5.69 Å². The topological polar surface area (TPSA) is 72.8 Å². The van der Waals surface area contributed by atoms with Gasteiger partial charge in [-0.3, -0.25) is 4.79 Å². The largest absolute Gasteiger partial charge is 0.497 e. The molecule has 6 nitrogen and oxygen atoms in total. The van der Waals surface area contributed by atoms with Crippen LogP contribution < -0.4 is 10.1 Å². The number of oxime groups is 1. The van der Waals surface area contributed by atoms with E-state index in [2.05, 4.69) is 15.5 Å². The molecule has 0 aliphatic carbocycles. The predicted octanol–water partition coefficient (Wildman–Crippen LogP) is 4.72. The molecule has 3 rings (SSSR count). The van der Waals surface area contributed by atoms with E-state index in [9.17, 15) is 4.79 Å². The van der Waals surface area contributed by atoms with Crippen molar-refractivity contribution in [1.29, 1.82) is 0 Å². The van der Waals surface area contributed by atoms with Crippen LogP contribution >= 0.6 is 11.3 Å². The summed E-state index contributed by atoms with van der Waals surface area (Å²) in [6.45, 7) is 3.64. The lowest BCUT2D eigenvalue weighted by atomic mass is 10.1. The number of ether oxygens (including phenoxy) is 1. The summed E-state index contributed by atoms with van der Waals surface area (Å²) in [4.78, 5) is 21.1. The predicted molar refractivity (Wildman–Crippen MR) is 112 cm³/mol. The van der Waals surface area contributed by atoms with E-state index in [1.807, 2.05) is 60.8 Å². The molecule has 0 saturated carbocycles. The molecule has 0 unspecified atom stereocenters. The Morgan fingerprint density at radius 3 is 2.68 bits per heavy atom. The summed E-state index contributed by atoms with van der Waals surface area (Å²) in [5, 5.41) is 9.77. The number of rotatable bonds is 7. The van der Waals surface area contributed by atoms with Gasteiger partial charge in [0, 0.05) is 23.6 Å². The van der Waals surface area contributed by atoms with Crippen LogP contribution in [0.3, 0.4) is 0 Å². The van der Waals surface area contributed by atoms with Gasteiger partial charge < -0.3 is 14.9 Å². The zero-order valence-corrected chi connectivity index (χ0v) is 16.7. The first-order chi connectivity index (χ1) is 13.5. The number of amides is 1. The maximum atomic E-state index is 11.1. The van der Waals surface area contributed by atoms with E-state index in [1.54, 1.807) is 18.4 Å². The van der Waals surface area contributed by atoms with Crippen molar-refractivity contribution in [2.24, 2.45) is 5.16 Å². The lowest BCUT2D eigenvalue weighted by Crippen LogP contribution is -2.06. The Morgan fingerprint density at radius 1 is 1.18 bits per heavy atom. The van der Waals surface area contributed by atoms with Crippen LogP contribution in [0.15, 0.2) is 59.1 Å². The Hall–Kier alpha value is -3.19. The molecular formula is C21H21N3O3S. The number of hydrogen-bond acceptors (Lipinski definition) is 6. The molecule has 0 radical (unpaired) electrons. The Labute approximate surface area is 167 Å². The molecule has 1 aromatic heterocycles. The van der Waals surface area contributed by atoms with Crippen LogP contribution in [-0.2, 0) is 16.2 Å². The number of benzene rings is 2. The van der Waals surface area contributed by atoms with Crippen molar-refractivity contribution < 1.29 is 14.4 Å². The van der Waals surface area contributed by atoms with Crippen molar-refractivity contribution in [1.82, 2.24) is 4.98 Å². The minimum atomic E-state index is -0.0990. The van der Waals surface area contributed by atoms with Gasteiger partial charge >= 0.3 is 0 Å². The van der Waals surface area contributed by atoms with E-state index in [0.29, 0.717) is 6.61 Å². The Bertz CT molecular complexity index is 981. The lowest BCUT2D eigenvalue weighted by Gasteiger charge is -2.04. The minimum Gasteiger partial charge on any atom is -0.497 e. The van der Waals surface area contributed by atoms with Crippen LogP contribution in [0.1, 0.15) is 25.1 Å². The zero-order valence-electron chi connectivity index (χ0n) is 15.9. The van der Waals surface area contributed by atoms with Gasteiger partial charge in [0.25, 0.3) is 0 Å². The van der Waals surface area contributed by atoms with Gasteiger partial charge in [0.2, 0.25) is 5.91 Å². The Kier molecular flexibility index (Phi) is 6.39. The first-order valence-corrected chi connectivity index (χ1v) is 9.56. The van der Waals surface area contributed by atoms with Crippen LogP contribution in [0, 0.1) is 0 Å². The summed E-state index contributed by atoms with van der Waals surface area (Å²) in [5.41, 5.74) is 4.24. The van der Waals surface area contributed by atoms with Crippen LogP contribution in [0.25, 0.3) is 10.6 Å². The summed E-state index contributed by atoms with van der Waals surface area (Å²) in [6.07, 6.45) is 0. The minimum absolute atomic E-state index is 0.0990. The fraction of sp³-hybridized carbons (Fsp3) is 0.190. The Morgan fingerprint density at radius 2 is 1.96 bits per heavy atom. The van der Waals surface area contributed by atoms with Gasteiger partial charge in [-0.05, 0) is 36.8 Å². The van der Waals surface area contributed by atoms with Gasteiger partial charge in [-0.25, -0.2) is 4.98 Å². The highest BCUT2D eigenvalue weighted by Gasteiger charge is 2.07. The van der Waals surface area contributed by atoms with Crippen LogP contribution in [-0.4, -0.2) is 23.7 Å². The van der Waals surface area contributed by atoms with Gasteiger partial charge in [-0.2, -0.15) is 0 Å². The number of anilines is 1. The highest BCUT2D eigenvalue weighted by molar-refractivity contribution is 7.13. The van der Waals surface area contributed by atoms with Crippen molar-refractivity contribution in [2.75, 3.05) is 12.4 Å². The third kappa shape index (κ3) is 5.17. The Balaban J connectivity index is 1.59. The molecule has 0 bridgehead atoms. The summed E-state index contributed by atoms with van der Waals surface area (Å²) >= 11 is 1.55. The van der Waals surface area contributed by atoms with E-state index >= 15 is 0 Å². The second kappa shape index (κ2) is 9.14. The SMILES string of the molecule is COc1cccc(-c2nc(CO/N=C(\C)c3ccc(NC(C)=O)cc3)cs2)c1. The van der Waals surface area contributed by atoms with Gasteiger partial charge in [-0.15, -0.1) is 11.3 Å². The summed E-state index contributed by atoms with van der Waals surface area (Å²) in [6, 6.07) is 15.2. The van der Waals surface area contributed by atoms with Crippen molar-refractivity contribution >= 4 is 28.6 Å². The second-order valence-corrected chi connectivity index (χ2v) is 6.94. The molecule has 1 amide bonds. The monoisotopic (exact) mass is 395 g/mol. The highest BCUT2D eigenvalue weighted by Crippen LogP contribution is 2.27. The number of methoxy groups -OCH3 is 1. The number of hydrogen-bond donors (Lipinski definition) is 1. The summed E-state index contributed by atoms with van der Waals surface area (Å²) < 4.78 is 5.26. The van der Waals surface area contributed by atoms with Gasteiger partial charge in [0.15, 0.2) is 6.61 Å². The number of aromatic nitrogens is 1. The maximum absolute atomic E-state index is 11.1. The number of carbonyl (C=O) groups excluding carboxylic acids is 1.